The molecule has 9 heteroatoms. The minimum absolute atomic E-state index is 0.0609. The largest absolute Gasteiger partial charge is 0.483 e. The fraction of sp³-hybridized carbons (Fsp3) is 0.269. The molecule has 184 valence electrons. The van der Waals surface area contributed by atoms with Crippen molar-refractivity contribution in [2.24, 2.45) is 0 Å². The third kappa shape index (κ3) is 6.00. The molecular formula is C26H28N2O6S. The number of rotatable bonds is 8. The van der Waals surface area contributed by atoms with Gasteiger partial charge in [-0.25, -0.2) is 8.42 Å². The number of carbonyl (C=O) groups excluding carboxylic acids is 1. The first-order valence-corrected chi connectivity index (χ1v) is 12.7. The minimum Gasteiger partial charge on any atom is -0.483 e. The Morgan fingerprint density at radius 2 is 1.66 bits per heavy atom. The number of sulfonamides is 1. The van der Waals surface area contributed by atoms with Crippen molar-refractivity contribution in [3.8, 4) is 17.2 Å². The lowest BCUT2D eigenvalue weighted by Crippen LogP contribution is -2.40. The van der Waals surface area contributed by atoms with Crippen LogP contribution in [0.25, 0.3) is 0 Å². The first-order chi connectivity index (χ1) is 16.8. The number of carbonyl (C=O) groups is 1. The van der Waals surface area contributed by atoms with E-state index in [1.807, 2.05) is 50.2 Å². The zero-order chi connectivity index (χ0) is 24.8. The van der Waals surface area contributed by atoms with Gasteiger partial charge in [0.1, 0.15) is 11.5 Å². The molecule has 0 aromatic heterocycles. The number of benzene rings is 3. The average molecular weight is 497 g/mol. The van der Waals surface area contributed by atoms with E-state index in [1.54, 1.807) is 18.2 Å². The molecule has 0 radical (unpaired) electrons. The van der Waals surface area contributed by atoms with E-state index in [0.29, 0.717) is 30.5 Å². The fourth-order valence-electron chi connectivity index (χ4n) is 3.76. The highest BCUT2D eigenvalue weighted by Gasteiger charge is 2.27. The van der Waals surface area contributed by atoms with Crippen LogP contribution in [0.15, 0.2) is 71.6 Å². The maximum absolute atomic E-state index is 13.2. The summed E-state index contributed by atoms with van der Waals surface area (Å²) in [5.41, 5.74) is 2.08. The van der Waals surface area contributed by atoms with Gasteiger partial charge in [-0.1, -0.05) is 36.4 Å². The van der Waals surface area contributed by atoms with Gasteiger partial charge in [-0.15, -0.1) is 0 Å². The number of amides is 1. The van der Waals surface area contributed by atoms with Crippen LogP contribution in [0.2, 0.25) is 0 Å². The molecule has 1 fully saturated rings. The molecule has 1 amide bonds. The van der Waals surface area contributed by atoms with Gasteiger partial charge < -0.3 is 19.5 Å². The summed E-state index contributed by atoms with van der Waals surface area (Å²) in [6, 6.07) is 19.2. The summed E-state index contributed by atoms with van der Waals surface area (Å²) >= 11 is 0. The van der Waals surface area contributed by atoms with Crippen LogP contribution < -0.4 is 14.8 Å². The number of nitrogens with zero attached hydrogens (tertiary/aromatic N) is 1. The molecule has 0 atom stereocenters. The molecule has 4 rings (SSSR count). The molecule has 1 aliphatic rings. The summed E-state index contributed by atoms with van der Waals surface area (Å²) in [4.78, 5) is 12.9. The lowest BCUT2D eigenvalue weighted by molar-refractivity contribution is -0.118. The molecular weight excluding hydrogens is 468 g/mol. The smallest absolute Gasteiger partial charge is 0.262 e. The van der Waals surface area contributed by atoms with E-state index in [4.69, 9.17) is 14.2 Å². The molecule has 8 nitrogen and oxygen atoms in total. The summed E-state index contributed by atoms with van der Waals surface area (Å²) in [5.74, 6) is 1.08. The van der Waals surface area contributed by atoms with Crippen LogP contribution in [0, 0.1) is 13.8 Å². The summed E-state index contributed by atoms with van der Waals surface area (Å²) < 4.78 is 44.7. The molecule has 1 heterocycles. The van der Waals surface area contributed by atoms with Crippen molar-refractivity contribution in [2.75, 3.05) is 38.2 Å². The molecule has 0 aliphatic carbocycles. The van der Waals surface area contributed by atoms with Crippen molar-refractivity contribution in [3.63, 3.8) is 0 Å². The number of hydrogen-bond acceptors (Lipinski definition) is 6. The highest BCUT2D eigenvalue weighted by Crippen LogP contribution is 2.33. The lowest BCUT2D eigenvalue weighted by atomic mass is 10.1. The molecule has 3 aromatic rings. The monoisotopic (exact) mass is 496 g/mol. The summed E-state index contributed by atoms with van der Waals surface area (Å²) in [6.45, 7) is 4.81. The summed E-state index contributed by atoms with van der Waals surface area (Å²) in [5, 5.41) is 2.76. The molecule has 3 aromatic carbocycles. The Balaban J connectivity index is 1.59. The maximum Gasteiger partial charge on any atom is 0.262 e. The Kier molecular flexibility index (Phi) is 7.70. The molecule has 0 unspecified atom stereocenters. The molecule has 35 heavy (non-hydrogen) atoms. The second-order valence-corrected chi connectivity index (χ2v) is 10.1. The molecule has 1 aliphatic heterocycles. The third-order valence-electron chi connectivity index (χ3n) is 5.56. The van der Waals surface area contributed by atoms with Gasteiger partial charge in [0.2, 0.25) is 10.0 Å². The van der Waals surface area contributed by atoms with Crippen LogP contribution in [0.4, 0.5) is 5.69 Å². The van der Waals surface area contributed by atoms with Crippen LogP contribution in [0.3, 0.4) is 0 Å². The Morgan fingerprint density at radius 1 is 0.971 bits per heavy atom. The maximum atomic E-state index is 13.2. The van der Waals surface area contributed by atoms with Crippen LogP contribution in [-0.4, -0.2) is 51.5 Å². The van der Waals surface area contributed by atoms with Crippen molar-refractivity contribution in [2.45, 2.75) is 18.7 Å². The van der Waals surface area contributed by atoms with Gasteiger partial charge in [-0.05, 0) is 55.3 Å². The normalized spacial score (nSPS) is 14.3. The van der Waals surface area contributed by atoms with Gasteiger partial charge in [0.15, 0.2) is 12.4 Å². The Bertz CT molecular complexity index is 1270. The zero-order valence-electron chi connectivity index (χ0n) is 19.7. The van der Waals surface area contributed by atoms with Crippen molar-refractivity contribution in [3.05, 3.63) is 77.9 Å². The second-order valence-electron chi connectivity index (χ2n) is 8.15. The number of para-hydroxylation sites is 2. The van der Waals surface area contributed by atoms with E-state index in [2.05, 4.69) is 5.32 Å². The standard InChI is InChI=1S/C26H28N2O6S/c1-19-7-6-8-20(2)26(19)33-18-25(29)27-23-17-22(35(30,31)28-13-15-32-16-14-28)11-12-24(23)34-21-9-4-3-5-10-21/h3-12,17H,13-16,18H2,1-2H3,(H,27,29). The van der Waals surface area contributed by atoms with Crippen LogP contribution in [0.5, 0.6) is 17.2 Å². The van der Waals surface area contributed by atoms with Crippen LogP contribution >= 0.6 is 0 Å². The molecule has 0 spiro atoms. The van der Waals surface area contributed by atoms with E-state index in [-0.39, 0.29) is 30.3 Å². The number of anilines is 1. The number of ether oxygens (including phenoxy) is 3. The van der Waals surface area contributed by atoms with E-state index in [1.165, 1.54) is 16.4 Å². The van der Waals surface area contributed by atoms with E-state index in [9.17, 15) is 13.2 Å². The molecule has 0 saturated carbocycles. The van der Waals surface area contributed by atoms with Crippen molar-refractivity contribution in [1.29, 1.82) is 0 Å². The van der Waals surface area contributed by atoms with Gasteiger partial charge in [-0.3, -0.25) is 4.79 Å². The molecule has 1 N–H and O–H groups in total. The summed E-state index contributed by atoms with van der Waals surface area (Å²) in [6.07, 6.45) is 0. The molecule has 0 bridgehead atoms. The fourth-order valence-corrected chi connectivity index (χ4v) is 5.19. The number of hydrogen-bond donors (Lipinski definition) is 1. The quantitative estimate of drug-likeness (QED) is 0.504. The highest BCUT2D eigenvalue weighted by atomic mass is 32.2. The van der Waals surface area contributed by atoms with E-state index >= 15 is 0 Å². The van der Waals surface area contributed by atoms with Gasteiger partial charge in [0, 0.05) is 13.1 Å². The Hall–Kier alpha value is -3.40. The van der Waals surface area contributed by atoms with Crippen LogP contribution in [0.1, 0.15) is 11.1 Å². The first kappa shape index (κ1) is 24.7. The van der Waals surface area contributed by atoms with Gasteiger partial charge >= 0.3 is 0 Å². The lowest BCUT2D eigenvalue weighted by Gasteiger charge is -2.26. The predicted molar refractivity (Wildman–Crippen MR) is 133 cm³/mol. The van der Waals surface area contributed by atoms with Crippen molar-refractivity contribution >= 4 is 21.6 Å². The Morgan fingerprint density at radius 3 is 2.34 bits per heavy atom. The van der Waals surface area contributed by atoms with Gasteiger partial charge in [0.05, 0.1) is 23.8 Å². The second kappa shape index (κ2) is 10.9. The highest BCUT2D eigenvalue weighted by molar-refractivity contribution is 7.89. The predicted octanol–water partition coefficient (Wildman–Crippen LogP) is 4.13. The van der Waals surface area contributed by atoms with Crippen LogP contribution in [-0.2, 0) is 19.6 Å². The SMILES string of the molecule is Cc1cccc(C)c1OCC(=O)Nc1cc(S(=O)(=O)N2CCOCC2)ccc1Oc1ccccc1. The third-order valence-corrected chi connectivity index (χ3v) is 7.45. The van der Waals surface area contributed by atoms with Crippen molar-refractivity contribution in [1.82, 2.24) is 4.31 Å². The van der Waals surface area contributed by atoms with E-state index in [0.717, 1.165) is 11.1 Å². The number of aryl methyl sites for hydroxylation is 2. The van der Waals surface area contributed by atoms with Gasteiger partial charge in [0.25, 0.3) is 5.91 Å². The van der Waals surface area contributed by atoms with Crippen molar-refractivity contribution < 1.29 is 27.4 Å². The topological polar surface area (TPSA) is 94.2 Å². The van der Waals surface area contributed by atoms with Gasteiger partial charge in [-0.2, -0.15) is 4.31 Å². The molecule has 1 saturated heterocycles. The average Bonchev–Trinajstić information content (AvgIpc) is 2.86. The zero-order valence-corrected chi connectivity index (χ0v) is 20.5. The first-order valence-electron chi connectivity index (χ1n) is 11.3. The minimum atomic E-state index is -3.76. The van der Waals surface area contributed by atoms with E-state index < -0.39 is 15.9 Å². The summed E-state index contributed by atoms with van der Waals surface area (Å²) in [7, 11) is -3.76. The Labute approximate surface area is 205 Å². The number of nitrogens with one attached hydrogen (secondary N) is 1. The number of morpholine rings is 1.